The number of aromatic nitrogens is 2. The Labute approximate surface area is 270 Å². The van der Waals surface area contributed by atoms with Gasteiger partial charge in [0.05, 0.1) is 46.2 Å². The maximum atomic E-state index is 12.3. The van der Waals surface area contributed by atoms with Crippen LogP contribution in [0.1, 0.15) is 80.0 Å². The van der Waals surface area contributed by atoms with Gasteiger partial charge in [-0.2, -0.15) is 0 Å². The lowest BCUT2D eigenvalue weighted by Gasteiger charge is -2.35. The van der Waals surface area contributed by atoms with Gasteiger partial charge in [-0.25, -0.2) is 9.78 Å². The summed E-state index contributed by atoms with van der Waals surface area (Å²) in [5.74, 6) is 2.45. The summed E-state index contributed by atoms with van der Waals surface area (Å²) >= 11 is 14.7. The van der Waals surface area contributed by atoms with Gasteiger partial charge in [-0.05, 0) is 88.5 Å². The van der Waals surface area contributed by atoms with Gasteiger partial charge in [0.1, 0.15) is 22.7 Å². The van der Waals surface area contributed by atoms with E-state index in [1.807, 2.05) is 38.1 Å². The minimum atomic E-state index is -0.391. The van der Waals surface area contributed by atoms with E-state index in [1.54, 1.807) is 17.4 Å². The van der Waals surface area contributed by atoms with Gasteiger partial charge in [0.2, 0.25) is 0 Å². The van der Waals surface area contributed by atoms with E-state index in [9.17, 15) is 4.79 Å². The largest absolute Gasteiger partial charge is 0.489 e. The number of methoxy groups -OCH3 is 1. The van der Waals surface area contributed by atoms with Gasteiger partial charge < -0.3 is 24.1 Å². The van der Waals surface area contributed by atoms with E-state index in [0.29, 0.717) is 63.0 Å². The molecule has 7 rings (SSSR count). The number of esters is 1. The van der Waals surface area contributed by atoms with Crippen molar-refractivity contribution in [3.8, 4) is 17.0 Å². The minimum absolute atomic E-state index is 0.0498. The first-order valence-corrected chi connectivity index (χ1v) is 16.9. The number of fused-ring (bicyclic) bond motifs is 3. The highest BCUT2D eigenvalue weighted by Crippen LogP contribution is 2.48. The first-order chi connectivity index (χ1) is 21.3. The van der Waals surface area contributed by atoms with Crippen molar-refractivity contribution >= 4 is 55.9 Å². The van der Waals surface area contributed by atoms with Crippen LogP contribution in [0.15, 0.2) is 34.9 Å². The van der Waals surface area contributed by atoms with Crippen LogP contribution in [0.4, 0.5) is 5.13 Å². The monoisotopic (exact) mass is 655 g/mol. The summed E-state index contributed by atoms with van der Waals surface area (Å²) in [6.07, 6.45) is 6.54. The highest BCUT2D eigenvalue weighted by molar-refractivity contribution is 7.22. The van der Waals surface area contributed by atoms with E-state index in [4.69, 9.17) is 46.9 Å². The summed E-state index contributed by atoms with van der Waals surface area (Å²) in [5.41, 5.74) is 3.58. The molecule has 44 heavy (non-hydrogen) atoms. The quantitative estimate of drug-likeness (QED) is 0.169. The highest BCUT2D eigenvalue weighted by Gasteiger charge is 2.44. The van der Waals surface area contributed by atoms with Crippen LogP contribution >= 0.6 is 34.5 Å². The molecule has 3 saturated carbocycles. The van der Waals surface area contributed by atoms with E-state index < -0.39 is 5.97 Å². The molecule has 0 saturated heterocycles. The number of anilines is 1. The predicted molar refractivity (Wildman–Crippen MR) is 172 cm³/mol. The summed E-state index contributed by atoms with van der Waals surface area (Å²) < 4.78 is 24.4. The molecule has 4 atom stereocenters. The number of carbonyl (C=O) groups is 1. The lowest BCUT2D eigenvalue weighted by molar-refractivity contribution is -0.00447. The Morgan fingerprint density at radius 1 is 1.11 bits per heavy atom. The lowest BCUT2D eigenvalue weighted by atomic mass is 9.82. The number of rotatable bonds is 10. The standard InChI is InChI=1S/C33H35Cl2N3O5S/c1-16(2)42-25-13-20(32(39)40-3)14-26-30(25)37-33(44-26)36-28-18-9-10-19(28)12-21(11-18)41-15-22-29(38-43-31(22)17-7-8-17)27-23(34)5-4-6-24(27)35/h4-6,13-14,16-19,21,28H,7-12,15H2,1-3H3,(H,36,37)/t18-,19+,21?,28?. The number of ether oxygens (including phenoxy) is 3. The van der Waals surface area contributed by atoms with Crippen molar-refractivity contribution in [3.05, 3.63) is 57.3 Å². The van der Waals surface area contributed by atoms with Crippen LogP contribution in [0.2, 0.25) is 10.0 Å². The zero-order valence-electron chi connectivity index (χ0n) is 24.9. The number of carbonyl (C=O) groups excluding carboxylic acids is 1. The molecule has 232 valence electrons. The number of benzene rings is 2. The van der Waals surface area contributed by atoms with Crippen LogP contribution < -0.4 is 10.1 Å². The Morgan fingerprint density at radius 3 is 2.50 bits per heavy atom. The molecule has 2 unspecified atom stereocenters. The number of nitrogens with zero attached hydrogens (tertiary/aromatic N) is 2. The molecule has 2 aromatic heterocycles. The van der Waals surface area contributed by atoms with Gasteiger partial charge in [-0.1, -0.05) is 45.8 Å². The van der Waals surface area contributed by atoms with E-state index >= 15 is 0 Å². The fourth-order valence-electron chi connectivity index (χ4n) is 6.88. The number of nitrogens with one attached hydrogen (secondary N) is 1. The maximum Gasteiger partial charge on any atom is 0.338 e. The summed E-state index contributed by atoms with van der Waals surface area (Å²) in [7, 11) is 1.39. The van der Waals surface area contributed by atoms with Crippen molar-refractivity contribution < 1.29 is 23.5 Å². The van der Waals surface area contributed by atoms with Gasteiger partial charge in [-0.3, -0.25) is 0 Å². The Balaban J connectivity index is 1.06. The number of thiazole rings is 1. The average Bonchev–Trinajstić information content (AvgIpc) is 3.56. The third-order valence-electron chi connectivity index (χ3n) is 9.02. The highest BCUT2D eigenvalue weighted by atomic mass is 35.5. The maximum absolute atomic E-state index is 12.3. The molecular formula is C33H35Cl2N3O5S. The van der Waals surface area contributed by atoms with Crippen LogP contribution in [0.25, 0.3) is 21.5 Å². The summed E-state index contributed by atoms with van der Waals surface area (Å²) in [4.78, 5) is 17.2. The molecule has 2 heterocycles. The molecule has 8 nitrogen and oxygen atoms in total. The van der Waals surface area contributed by atoms with Crippen molar-refractivity contribution in [2.45, 2.75) is 83.1 Å². The van der Waals surface area contributed by atoms with Crippen molar-refractivity contribution in [2.24, 2.45) is 11.8 Å². The second-order valence-corrected chi connectivity index (χ2v) is 14.3. The van der Waals surface area contributed by atoms with Crippen molar-refractivity contribution in [3.63, 3.8) is 0 Å². The van der Waals surface area contributed by atoms with Crippen LogP contribution in [0, 0.1) is 11.8 Å². The molecule has 2 aromatic carbocycles. The first-order valence-electron chi connectivity index (χ1n) is 15.3. The van der Waals surface area contributed by atoms with Crippen LogP contribution in [0.5, 0.6) is 5.75 Å². The van der Waals surface area contributed by atoms with Crippen LogP contribution in [-0.2, 0) is 16.1 Å². The van der Waals surface area contributed by atoms with Crippen molar-refractivity contribution in [2.75, 3.05) is 12.4 Å². The lowest BCUT2D eigenvalue weighted by Crippen LogP contribution is -2.39. The normalized spacial score (nSPS) is 23.0. The van der Waals surface area contributed by atoms with Gasteiger partial charge in [0.25, 0.3) is 0 Å². The third-order valence-corrected chi connectivity index (χ3v) is 10.6. The fraction of sp³-hybridized carbons (Fsp3) is 0.485. The second kappa shape index (κ2) is 12.2. The molecule has 3 aliphatic rings. The topological polar surface area (TPSA) is 95.7 Å². The van der Waals surface area contributed by atoms with Gasteiger partial charge in [0.15, 0.2) is 5.13 Å². The predicted octanol–water partition coefficient (Wildman–Crippen LogP) is 8.90. The van der Waals surface area contributed by atoms with Crippen molar-refractivity contribution in [1.82, 2.24) is 10.1 Å². The molecule has 1 N–H and O–H groups in total. The summed E-state index contributed by atoms with van der Waals surface area (Å²) in [6.45, 7) is 4.35. The second-order valence-electron chi connectivity index (χ2n) is 12.4. The molecule has 0 aliphatic heterocycles. The molecule has 4 aromatic rings. The average molecular weight is 657 g/mol. The van der Waals surface area contributed by atoms with Crippen LogP contribution in [0.3, 0.4) is 0 Å². The number of hydrogen-bond acceptors (Lipinski definition) is 9. The van der Waals surface area contributed by atoms with Gasteiger partial charge in [0, 0.05) is 23.1 Å². The summed E-state index contributed by atoms with van der Waals surface area (Å²) in [5, 5.41) is 10.1. The Kier molecular flexibility index (Phi) is 8.24. The molecule has 0 radical (unpaired) electrons. The Morgan fingerprint density at radius 2 is 1.84 bits per heavy atom. The Bertz CT molecular complexity index is 1670. The zero-order valence-corrected chi connectivity index (χ0v) is 27.2. The SMILES string of the molecule is COC(=O)c1cc(OC(C)C)c2nc(NC3[C@@H]4CC[C@H]3CC(OCc3c(-c5c(Cl)cccc5Cl)noc3C3CC3)C4)sc2c1. The van der Waals surface area contributed by atoms with E-state index in [0.717, 1.165) is 65.2 Å². The molecule has 3 fully saturated rings. The number of halogens is 2. The first kappa shape index (κ1) is 29.8. The van der Waals surface area contributed by atoms with Gasteiger partial charge in [-0.15, -0.1) is 0 Å². The number of hydrogen-bond donors (Lipinski definition) is 1. The molecule has 2 bridgehead atoms. The van der Waals surface area contributed by atoms with Gasteiger partial charge >= 0.3 is 5.97 Å². The molecule has 0 spiro atoms. The molecule has 11 heteroatoms. The van der Waals surface area contributed by atoms with E-state index in [-0.39, 0.29) is 12.2 Å². The molecular weight excluding hydrogens is 621 g/mol. The smallest absolute Gasteiger partial charge is 0.338 e. The van der Waals surface area contributed by atoms with E-state index in [2.05, 4.69) is 10.5 Å². The van der Waals surface area contributed by atoms with E-state index in [1.165, 1.54) is 7.11 Å². The Hall–Kier alpha value is -2.85. The molecule has 3 aliphatic carbocycles. The summed E-state index contributed by atoms with van der Waals surface area (Å²) in [6, 6.07) is 9.36. The zero-order chi connectivity index (χ0) is 30.5. The van der Waals surface area contributed by atoms with Crippen LogP contribution in [-0.4, -0.2) is 41.5 Å². The van der Waals surface area contributed by atoms with Crippen molar-refractivity contribution in [1.29, 1.82) is 0 Å². The molecule has 0 amide bonds. The minimum Gasteiger partial charge on any atom is -0.489 e. The third kappa shape index (κ3) is 5.80. The fourth-order valence-corrected chi connectivity index (χ4v) is 8.42.